The van der Waals surface area contributed by atoms with Crippen LogP contribution in [-0.4, -0.2) is 6.15 Å². The van der Waals surface area contributed by atoms with Crippen LogP contribution in [0.3, 0.4) is 0 Å². The summed E-state index contributed by atoms with van der Waals surface area (Å²) in [5.74, 6) is 0. The molecule has 3 aromatic carbocycles. The van der Waals surface area contributed by atoms with E-state index in [0.29, 0.717) is 0 Å². The van der Waals surface area contributed by atoms with Gasteiger partial charge in [-0.05, 0) is 0 Å². The summed E-state index contributed by atoms with van der Waals surface area (Å²) < 4.78 is 0. The third-order valence-electron chi connectivity index (χ3n) is 4.72. The molecule has 104 valence electrons. The van der Waals surface area contributed by atoms with Gasteiger partial charge in [0.15, 0.2) is 0 Å². The van der Waals surface area contributed by atoms with Gasteiger partial charge in [0.1, 0.15) is 0 Å². The quantitative estimate of drug-likeness (QED) is 0.639. The van der Waals surface area contributed by atoms with Crippen molar-refractivity contribution in [3.63, 3.8) is 0 Å². The molecule has 0 aromatic heterocycles. The molecule has 0 spiro atoms. The fourth-order valence-corrected chi connectivity index (χ4v) is 3.63. The molecule has 0 fully saturated rings. The Morgan fingerprint density at radius 3 is 1.05 bits per heavy atom. The Morgan fingerprint density at radius 2 is 0.810 bits per heavy atom. The highest BCUT2D eigenvalue weighted by atomic mass is 14.1. The van der Waals surface area contributed by atoms with Gasteiger partial charge < -0.3 is 0 Å². The summed E-state index contributed by atoms with van der Waals surface area (Å²) in [7, 11) is 0. The summed E-state index contributed by atoms with van der Waals surface area (Å²) in [5.41, 5.74) is 4.24. The molecule has 0 heterocycles. The Bertz CT molecular complexity index is 578. The second-order valence-corrected chi connectivity index (χ2v) is 5.69. The van der Waals surface area contributed by atoms with E-state index in [0.717, 1.165) is 6.32 Å². The second-order valence-electron chi connectivity index (χ2n) is 5.69. The molecular formula is C20H20B-. The Balaban J connectivity index is 2.29. The molecule has 21 heavy (non-hydrogen) atoms. The summed E-state index contributed by atoms with van der Waals surface area (Å²) in [4.78, 5) is 0. The SMILES string of the molecule is CC[B-](c1ccccc1)(c1ccccc1)c1ccccc1. The lowest BCUT2D eigenvalue weighted by Crippen LogP contribution is -2.66. The molecule has 3 aromatic rings. The van der Waals surface area contributed by atoms with Crippen molar-refractivity contribution in [2.75, 3.05) is 0 Å². The number of hydrogen-bond acceptors (Lipinski definition) is 0. The van der Waals surface area contributed by atoms with Crippen molar-refractivity contribution in [1.29, 1.82) is 0 Å². The molecule has 3 rings (SSSR count). The third-order valence-corrected chi connectivity index (χ3v) is 4.72. The van der Waals surface area contributed by atoms with Gasteiger partial charge in [-0.25, -0.2) is 0 Å². The molecule has 0 aliphatic heterocycles. The number of hydrogen-bond donors (Lipinski definition) is 0. The van der Waals surface area contributed by atoms with E-state index in [2.05, 4.69) is 97.9 Å². The Labute approximate surface area is 127 Å². The highest BCUT2D eigenvalue weighted by Gasteiger charge is 2.27. The van der Waals surface area contributed by atoms with Gasteiger partial charge in [-0.3, -0.25) is 0 Å². The highest BCUT2D eigenvalue weighted by Crippen LogP contribution is 2.12. The van der Waals surface area contributed by atoms with Crippen LogP contribution in [0, 0.1) is 0 Å². The Morgan fingerprint density at radius 1 is 0.524 bits per heavy atom. The summed E-state index contributed by atoms with van der Waals surface area (Å²) >= 11 is 0. The van der Waals surface area contributed by atoms with E-state index < -0.39 is 6.15 Å². The van der Waals surface area contributed by atoms with Gasteiger partial charge in [0.25, 0.3) is 0 Å². The van der Waals surface area contributed by atoms with Gasteiger partial charge in [0.05, 0.1) is 6.15 Å². The van der Waals surface area contributed by atoms with Crippen molar-refractivity contribution < 1.29 is 0 Å². The zero-order chi connectivity index (χ0) is 14.5. The van der Waals surface area contributed by atoms with Gasteiger partial charge in [0.2, 0.25) is 0 Å². The second kappa shape index (κ2) is 6.01. The maximum Gasteiger partial charge on any atom is 0.0812 e. The van der Waals surface area contributed by atoms with Crippen molar-refractivity contribution >= 4 is 22.5 Å². The fraction of sp³-hybridized carbons (Fsp3) is 0.100. The van der Waals surface area contributed by atoms with Crippen LogP contribution in [0.2, 0.25) is 6.32 Å². The van der Waals surface area contributed by atoms with Gasteiger partial charge in [-0.1, -0.05) is 97.9 Å². The van der Waals surface area contributed by atoms with E-state index in [9.17, 15) is 0 Å². The normalized spacial score (nSPS) is 11.3. The predicted molar refractivity (Wildman–Crippen MR) is 94.5 cm³/mol. The molecule has 0 saturated heterocycles. The lowest BCUT2D eigenvalue weighted by atomic mass is 9.14. The minimum atomic E-state index is -0.898. The largest absolute Gasteiger partial charge is 0.200 e. The molecule has 0 aliphatic rings. The summed E-state index contributed by atoms with van der Waals surface area (Å²) in [5, 5.41) is 0. The zero-order valence-corrected chi connectivity index (χ0v) is 12.4. The zero-order valence-electron chi connectivity index (χ0n) is 12.4. The third kappa shape index (κ3) is 2.40. The van der Waals surface area contributed by atoms with Crippen LogP contribution in [-0.2, 0) is 0 Å². The van der Waals surface area contributed by atoms with E-state index >= 15 is 0 Å². The van der Waals surface area contributed by atoms with E-state index in [1.54, 1.807) is 0 Å². The standard InChI is InChI=1S/C20H20B/c1-2-21(18-12-6-3-7-13-18,19-14-8-4-9-15-19)20-16-10-5-11-17-20/h3-17H,2H2,1H3/q-1. The first kappa shape index (κ1) is 13.7. The monoisotopic (exact) mass is 271 g/mol. The van der Waals surface area contributed by atoms with Crippen molar-refractivity contribution in [3.8, 4) is 0 Å². The number of rotatable bonds is 4. The molecule has 0 radical (unpaired) electrons. The van der Waals surface area contributed by atoms with Gasteiger partial charge in [-0.15, -0.1) is 0 Å². The smallest absolute Gasteiger partial charge is 0.0812 e. The van der Waals surface area contributed by atoms with Crippen LogP contribution in [0.15, 0.2) is 91.0 Å². The molecule has 0 saturated carbocycles. The van der Waals surface area contributed by atoms with Crippen LogP contribution in [0.1, 0.15) is 6.92 Å². The van der Waals surface area contributed by atoms with Crippen molar-refractivity contribution in [1.82, 2.24) is 0 Å². The summed E-state index contributed by atoms with van der Waals surface area (Å²) in [6.45, 7) is 2.30. The van der Waals surface area contributed by atoms with Crippen molar-refractivity contribution in [2.45, 2.75) is 13.2 Å². The first-order valence-electron chi connectivity index (χ1n) is 7.71. The molecule has 0 unspecified atom stereocenters. The van der Waals surface area contributed by atoms with Crippen molar-refractivity contribution in [2.24, 2.45) is 0 Å². The molecule has 0 atom stereocenters. The Hall–Kier alpha value is -2.28. The van der Waals surface area contributed by atoms with Gasteiger partial charge in [-0.2, -0.15) is 22.7 Å². The molecule has 0 amide bonds. The molecule has 0 nitrogen and oxygen atoms in total. The molecule has 0 aliphatic carbocycles. The van der Waals surface area contributed by atoms with E-state index in [-0.39, 0.29) is 0 Å². The first-order chi connectivity index (χ1) is 10.4. The minimum Gasteiger partial charge on any atom is -0.200 e. The summed E-state index contributed by atoms with van der Waals surface area (Å²) in [6.07, 6.45) is 0.197. The average molecular weight is 271 g/mol. The lowest BCUT2D eigenvalue weighted by Gasteiger charge is -2.42. The molecular weight excluding hydrogens is 251 g/mol. The topological polar surface area (TPSA) is 0 Å². The van der Waals surface area contributed by atoms with Gasteiger partial charge >= 0.3 is 0 Å². The lowest BCUT2D eigenvalue weighted by molar-refractivity contribution is 1.40. The van der Waals surface area contributed by atoms with Crippen LogP contribution in [0.4, 0.5) is 0 Å². The maximum atomic E-state index is 2.30. The van der Waals surface area contributed by atoms with Crippen molar-refractivity contribution in [3.05, 3.63) is 91.0 Å². The summed E-state index contributed by atoms with van der Waals surface area (Å²) in [6, 6.07) is 32.8. The average Bonchev–Trinajstić information content (AvgIpc) is 2.59. The molecule has 0 bridgehead atoms. The van der Waals surface area contributed by atoms with Crippen LogP contribution >= 0.6 is 0 Å². The maximum absolute atomic E-state index is 2.30. The fourth-order valence-electron chi connectivity index (χ4n) is 3.63. The highest BCUT2D eigenvalue weighted by molar-refractivity contribution is 7.11. The molecule has 0 N–H and O–H groups in total. The Kier molecular flexibility index (Phi) is 3.92. The van der Waals surface area contributed by atoms with Gasteiger partial charge in [0, 0.05) is 0 Å². The number of benzene rings is 3. The molecule has 1 heteroatoms. The van der Waals surface area contributed by atoms with E-state index in [4.69, 9.17) is 0 Å². The van der Waals surface area contributed by atoms with Crippen LogP contribution < -0.4 is 16.4 Å². The predicted octanol–water partition coefficient (Wildman–Crippen LogP) is 3.18. The minimum absolute atomic E-state index is 0.898. The first-order valence-corrected chi connectivity index (χ1v) is 7.71. The van der Waals surface area contributed by atoms with Crippen LogP contribution in [0.5, 0.6) is 0 Å². The van der Waals surface area contributed by atoms with E-state index in [1.807, 2.05) is 0 Å². The van der Waals surface area contributed by atoms with Crippen LogP contribution in [0.25, 0.3) is 0 Å². The van der Waals surface area contributed by atoms with E-state index in [1.165, 1.54) is 16.4 Å².